The van der Waals surface area contributed by atoms with Crippen molar-refractivity contribution < 1.29 is 4.74 Å². The lowest BCUT2D eigenvalue weighted by Crippen LogP contribution is -2.35. The molecule has 3 nitrogen and oxygen atoms in total. The van der Waals surface area contributed by atoms with Gasteiger partial charge >= 0.3 is 0 Å². The highest BCUT2D eigenvalue weighted by Gasteiger charge is 2.38. The Morgan fingerprint density at radius 3 is 2.69 bits per heavy atom. The van der Waals surface area contributed by atoms with Gasteiger partial charge in [0.15, 0.2) is 5.82 Å². The van der Waals surface area contributed by atoms with Crippen LogP contribution in [0.4, 0.5) is 0 Å². The number of halogens is 1. The normalized spacial score (nSPS) is 30.3. The summed E-state index contributed by atoms with van der Waals surface area (Å²) in [7, 11) is 1.74. The monoisotopic (exact) mass is 240 g/mol. The summed E-state index contributed by atoms with van der Waals surface area (Å²) in [5.74, 6) is 1.50. The Kier molecular flexibility index (Phi) is 3.45. The van der Waals surface area contributed by atoms with Gasteiger partial charge in [-0.25, -0.2) is 9.97 Å². The third-order valence-corrected chi connectivity index (χ3v) is 3.71. The molecule has 1 aromatic heterocycles. The summed E-state index contributed by atoms with van der Waals surface area (Å²) >= 11 is 5.91. The van der Waals surface area contributed by atoms with Crippen molar-refractivity contribution in [1.82, 2.24) is 9.97 Å². The number of aromatic nitrogens is 2. The Labute approximate surface area is 101 Å². The minimum Gasteiger partial charge on any atom is -0.370 e. The van der Waals surface area contributed by atoms with E-state index in [-0.39, 0.29) is 5.60 Å². The van der Waals surface area contributed by atoms with Crippen LogP contribution in [0.25, 0.3) is 0 Å². The molecule has 0 amide bonds. The second-order valence-electron chi connectivity index (χ2n) is 4.58. The van der Waals surface area contributed by atoms with Gasteiger partial charge in [0.1, 0.15) is 10.8 Å². The van der Waals surface area contributed by atoms with E-state index in [2.05, 4.69) is 16.9 Å². The molecule has 1 fully saturated rings. The van der Waals surface area contributed by atoms with Gasteiger partial charge in [0.2, 0.25) is 0 Å². The highest BCUT2D eigenvalue weighted by atomic mass is 35.5. The molecule has 0 atom stereocenters. The van der Waals surface area contributed by atoms with Crippen LogP contribution in [0.15, 0.2) is 12.3 Å². The molecule has 88 valence electrons. The average molecular weight is 241 g/mol. The molecule has 0 aliphatic heterocycles. The number of hydrogen-bond donors (Lipinski definition) is 0. The number of hydrogen-bond acceptors (Lipinski definition) is 3. The van der Waals surface area contributed by atoms with E-state index in [1.54, 1.807) is 19.4 Å². The number of methoxy groups -OCH3 is 1. The van der Waals surface area contributed by atoms with Crippen LogP contribution in [0, 0.1) is 5.92 Å². The van der Waals surface area contributed by atoms with E-state index in [9.17, 15) is 0 Å². The van der Waals surface area contributed by atoms with Crippen LogP contribution in [0.2, 0.25) is 5.15 Å². The largest absolute Gasteiger partial charge is 0.370 e. The van der Waals surface area contributed by atoms with Crippen molar-refractivity contribution in [1.29, 1.82) is 0 Å². The Morgan fingerprint density at radius 1 is 1.44 bits per heavy atom. The van der Waals surface area contributed by atoms with E-state index in [0.29, 0.717) is 5.15 Å². The van der Waals surface area contributed by atoms with Gasteiger partial charge in [-0.15, -0.1) is 0 Å². The lowest BCUT2D eigenvalue weighted by atomic mass is 9.79. The van der Waals surface area contributed by atoms with Crippen LogP contribution in [-0.2, 0) is 10.3 Å². The maximum Gasteiger partial charge on any atom is 0.161 e. The first-order chi connectivity index (χ1) is 7.66. The predicted octanol–water partition coefficient (Wildman–Crippen LogP) is 3.18. The highest BCUT2D eigenvalue weighted by molar-refractivity contribution is 6.29. The lowest BCUT2D eigenvalue weighted by Gasteiger charge is -2.36. The van der Waals surface area contributed by atoms with Crippen molar-refractivity contribution in [3.63, 3.8) is 0 Å². The molecule has 16 heavy (non-hydrogen) atoms. The summed E-state index contributed by atoms with van der Waals surface area (Å²) < 4.78 is 5.68. The predicted molar refractivity (Wildman–Crippen MR) is 63.4 cm³/mol. The first-order valence-corrected chi connectivity index (χ1v) is 6.08. The van der Waals surface area contributed by atoms with E-state index in [0.717, 1.165) is 37.4 Å². The van der Waals surface area contributed by atoms with Gasteiger partial charge in [-0.2, -0.15) is 0 Å². The zero-order valence-corrected chi connectivity index (χ0v) is 10.5. The van der Waals surface area contributed by atoms with Crippen molar-refractivity contribution in [3.05, 3.63) is 23.2 Å². The van der Waals surface area contributed by atoms with Crippen molar-refractivity contribution in [2.24, 2.45) is 5.92 Å². The molecule has 2 rings (SSSR count). The fourth-order valence-corrected chi connectivity index (χ4v) is 2.44. The van der Waals surface area contributed by atoms with Gasteiger partial charge in [0.25, 0.3) is 0 Å². The number of rotatable bonds is 2. The Morgan fingerprint density at radius 2 is 2.12 bits per heavy atom. The highest BCUT2D eigenvalue weighted by Crippen LogP contribution is 2.40. The van der Waals surface area contributed by atoms with Crippen LogP contribution < -0.4 is 0 Å². The van der Waals surface area contributed by atoms with Crippen LogP contribution in [-0.4, -0.2) is 17.1 Å². The third kappa shape index (κ3) is 2.20. The molecule has 0 unspecified atom stereocenters. The molecule has 0 aromatic carbocycles. The maximum atomic E-state index is 5.91. The zero-order valence-electron chi connectivity index (χ0n) is 9.74. The van der Waals surface area contributed by atoms with E-state index in [4.69, 9.17) is 16.3 Å². The average Bonchev–Trinajstić information content (AvgIpc) is 2.31. The third-order valence-electron chi connectivity index (χ3n) is 3.50. The standard InChI is InChI=1S/C12H17ClN2O/c1-9-3-6-12(16-2,7-4-9)11-14-8-5-10(13)15-11/h5,8-9H,3-4,6-7H2,1-2H3. The molecule has 1 heterocycles. The molecule has 1 aliphatic rings. The van der Waals surface area contributed by atoms with Gasteiger partial charge in [-0.3, -0.25) is 0 Å². The van der Waals surface area contributed by atoms with Crippen molar-refractivity contribution >= 4 is 11.6 Å². The minimum absolute atomic E-state index is 0.322. The Hall–Kier alpha value is -0.670. The summed E-state index contributed by atoms with van der Waals surface area (Å²) in [4.78, 5) is 8.60. The summed E-state index contributed by atoms with van der Waals surface area (Å²) in [6, 6.07) is 1.69. The Balaban J connectivity index is 2.28. The molecule has 0 saturated heterocycles. The van der Waals surface area contributed by atoms with Crippen LogP contribution in [0.5, 0.6) is 0 Å². The Bertz CT molecular complexity index is 362. The van der Waals surface area contributed by atoms with Gasteiger partial charge in [0.05, 0.1) is 0 Å². The summed E-state index contributed by atoms with van der Waals surface area (Å²) in [5, 5.41) is 0.486. The van der Waals surface area contributed by atoms with Gasteiger partial charge in [-0.1, -0.05) is 18.5 Å². The first-order valence-electron chi connectivity index (χ1n) is 5.70. The zero-order chi connectivity index (χ0) is 11.6. The molecular formula is C12H17ClN2O. The molecule has 0 spiro atoms. The van der Waals surface area contributed by atoms with Crippen molar-refractivity contribution in [3.8, 4) is 0 Å². The minimum atomic E-state index is -0.322. The van der Waals surface area contributed by atoms with Gasteiger partial charge < -0.3 is 4.74 Å². The van der Waals surface area contributed by atoms with Gasteiger partial charge in [0, 0.05) is 13.3 Å². The second-order valence-corrected chi connectivity index (χ2v) is 4.97. The molecule has 0 N–H and O–H groups in total. The van der Waals surface area contributed by atoms with Crippen LogP contribution in [0.3, 0.4) is 0 Å². The topological polar surface area (TPSA) is 35.0 Å². The van der Waals surface area contributed by atoms with E-state index in [1.807, 2.05) is 0 Å². The quantitative estimate of drug-likeness (QED) is 0.745. The fourth-order valence-electron chi connectivity index (χ4n) is 2.30. The maximum absolute atomic E-state index is 5.91. The molecule has 1 aliphatic carbocycles. The molecule has 0 bridgehead atoms. The summed E-state index contributed by atoms with van der Waals surface area (Å²) in [6.07, 6.45) is 5.97. The van der Waals surface area contributed by atoms with Crippen LogP contribution in [0.1, 0.15) is 38.4 Å². The SMILES string of the molecule is COC1(c2nccc(Cl)n2)CCC(C)CC1. The van der Waals surface area contributed by atoms with Crippen molar-refractivity contribution in [2.75, 3.05) is 7.11 Å². The smallest absolute Gasteiger partial charge is 0.161 e. The molecule has 1 saturated carbocycles. The van der Waals surface area contributed by atoms with Crippen LogP contribution >= 0.6 is 11.6 Å². The van der Waals surface area contributed by atoms with E-state index in [1.165, 1.54) is 0 Å². The number of nitrogens with zero attached hydrogens (tertiary/aromatic N) is 2. The van der Waals surface area contributed by atoms with Gasteiger partial charge in [-0.05, 0) is 37.7 Å². The second kappa shape index (κ2) is 4.68. The van der Waals surface area contributed by atoms with E-state index >= 15 is 0 Å². The number of ether oxygens (including phenoxy) is 1. The molecule has 4 heteroatoms. The summed E-state index contributed by atoms with van der Waals surface area (Å²) in [5.41, 5.74) is -0.322. The van der Waals surface area contributed by atoms with E-state index < -0.39 is 0 Å². The summed E-state index contributed by atoms with van der Waals surface area (Å²) in [6.45, 7) is 2.28. The lowest BCUT2D eigenvalue weighted by molar-refractivity contribution is -0.0597. The fraction of sp³-hybridized carbons (Fsp3) is 0.667. The van der Waals surface area contributed by atoms with Crippen molar-refractivity contribution in [2.45, 2.75) is 38.2 Å². The molecular weight excluding hydrogens is 224 g/mol. The molecule has 0 radical (unpaired) electrons. The molecule has 1 aromatic rings. The first kappa shape index (κ1) is 11.8.